The molecule has 1 N–H and O–H groups in total. The smallest absolute Gasteiger partial charge is 0.119 e. The largest absolute Gasteiger partial charge is 0.494 e. The number of ether oxygens (including phenoxy) is 1. The lowest BCUT2D eigenvalue weighted by Crippen LogP contribution is -2.29. The van der Waals surface area contributed by atoms with Gasteiger partial charge in [-0.1, -0.05) is 31.9 Å². The zero-order chi connectivity index (χ0) is 13.7. The molecule has 0 aliphatic heterocycles. The molecule has 0 aromatic heterocycles. The van der Waals surface area contributed by atoms with Gasteiger partial charge in [0.1, 0.15) is 5.75 Å². The van der Waals surface area contributed by atoms with Gasteiger partial charge in [-0.2, -0.15) is 0 Å². The van der Waals surface area contributed by atoms with Gasteiger partial charge in [0, 0.05) is 6.04 Å². The van der Waals surface area contributed by atoms with Crippen LogP contribution >= 0.6 is 0 Å². The molecule has 0 spiro atoms. The minimum atomic E-state index is 0.461. The highest BCUT2D eigenvalue weighted by Crippen LogP contribution is 2.37. The van der Waals surface area contributed by atoms with Gasteiger partial charge >= 0.3 is 0 Å². The van der Waals surface area contributed by atoms with Crippen LogP contribution < -0.4 is 10.1 Å². The van der Waals surface area contributed by atoms with Crippen molar-refractivity contribution in [3.63, 3.8) is 0 Å². The van der Waals surface area contributed by atoms with Crippen molar-refractivity contribution in [2.24, 2.45) is 11.8 Å². The summed E-state index contributed by atoms with van der Waals surface area (Å²) in [6.07, 6.45) is 5.44. The van der Waals surface area contributed by atoms with E-state index in [4.69, 9.17) is 4.74 Å². The third-order valence-electron chi connectivity index (χ3n) is 4.29. The minimum Gasteiger partial charge on any atom is -0.494 e. The van der Waals surface area contributed by atoms with Crippen LogP contribution in [0.25, 0.3) is 0 Å². The highest BCUT2D eigenvalue weighted by molar-refractivity contribution is 5.31. The first-order valence-corrected chi connectivity index (χ1v) is 7.64. The van der Waals surface area contributed by atoms with E-state index in [1.807, 2.05) is 13.0 Å². The minimum absolute atomic E-state index is 0.461. The molecule has 2 heteroatoms. The van der Waals surface area contributed by atoms with Crippen molar-refractivity contribution in [1.82, 2.24) is 5.32 Å². The molecule has 1 fully saturated rings. The van der Waals surface area contributed by atoms with E-state index in [2.05, 4.69) is 37.5 Å². The summed E-state index contributed by atoms with van der Waals surface area (Å²) in [7, 11) is 2.08. The van der Waals surface area contributed by atoms with Gasteiger partial charge in [-0.25, -0.2) is 0 Å². The van der Waals surface area contributed by atoms with Crippen LogP contribution in [-0.4, -0.2) is 13.7 Å². The number of hydrogen-bond acceptors (Lipinski definition) is 2. The van der Waals surface area contributed by atoms with Crippen LogP contribution in [-0.2, 0) is 0 Å². The zero-order valence-electron chi connectivity index (χ0n) is 12.5. The average Bonchev–Trinajstić information content (AvgIpc) is 2.41. The molecule has 1 aliphatic rings. The summed E-state index contributed by atoms with van der Waals surface area (Å²) in [6.45, 7) is 5.15. The number of rotatable bonds is 5. The molecule has 1 aliphatic carbocycles. The van der Waals surface area contributed by atoms with Gasteiger partial charge in [0.2, 0.25) is 0 Å². The van der Waals surface area contributed by atoms with Gasteiger partial charge in [0.25, 0.3) is 0 Å². The summed E-state index contributed by atoms with van der Waals surface area (Å²) in [4.78, 5) is 0. The van der Waals surface area contributed by atoms with E-state index >= 15 is 0 Å². The third kappa shape index (κ3) is 3.73. The maximum absolute atomic E-state index is 5.62. The van der Waals surface area contributed by atoms with Gasteiger partial charge in [-0.15, -0.1) is 0 Å². The summed E-state index contributed by atoms with van der Waals surface area (Å²) < 4.78 is 5.62. The van der Waals surface area contributed by atoms with Crippen molar-refractivity contribution >= 4 is 0 Å². The lowest BCUT2D eigenvalue weighted by Gasteiger charge is -2.33. The molecule has 0 radical (unpaired) electrons. The first-order chi connectivity index (χ1) is 9.24. The van der Waals surface area contributed by atoms with Crippen LogP contribution in [0.4, 0.5) is 0 Å². The Morgan fingerprint density at radius 3 is 2.89 bits per heavy atom. The molecule has 0 saturated heterocycles. The lowest BCUT2D eigenvalue weighted by molar-refractivity contribution is 0.229. The van der Waals surface area contributed by atoms with Gasteiger partial charge in [-0.05, 0) is 56.3 Å². The molecule has 1 aromatic carbocycles. The number of benzene rings is 1. The van der Waals surface area contributed by atoms with Crippen LogP contribution in [0.5, 0.6) is 5.75 Å². The molecule has 0 bridgehead atoms. The van der Waals surface area contributed by atoms with Crippen molar-refractivity contribution in [3.8, 4) is 5.75 Å². The molecular weight excluding hydrogens is 234 g/mol. The van der Waals surface area contributed by atoms with Crippen LogP contribution in [0.1, 0.15) is 51.1 Å². The fourth-order valence-electron chi connectivity index (χ4n) is 3.42. The quantitative estimate of drug-likeness (QED) is 0.859. The molecule has 19 heavy (non-hydrogen) atoms. The van der Waals surface area contributed by atoms with Crippen LogP contribution in [0.2, 0.25) is 0 Å². The molecule has 1 saturated carbocycles. The fourth-order valence-corrected chi connectivity index (χ4v) is 3.42. The van der Waals surface area contributed by atoms with E-state index in [1.165, 1.54) is 31.2 Å². The second kappa shape index (κ2) is 6.95. The summed E-state index contributed by atoms with van der Waals surface area (Å²) in [5.41, 5.74) is 1.37. The summed E-state index contributed by atoms with van der Waals surface area (Å²) >= 11 is 0. The highest BCUT2D eigenvalue weighted by atomic mass is 16.5. The lowest BCUT2D eigenvalue weighted by atomic mass is 9.77. The van der Waals surface area contributed by atoms with Gasteiger partial charge in [0.15, 0.2) is 0 Å². The molecule has 1 aromatic rings. The van der Waals surface area contributed by atoms with Gasteiger partial charge in [0.05, 0.1) is 6.61 Å². The molecule has 3 atom stereocenters. The van der Waals surface area contributed by atoms with Crippen molar-refractivity contribution < 1.29 is 4.74 Å². The van der Waals surface area contributed by atoms with E-state index in [9.17, 15) is 0 Å². The SMILES string of the molecule is CCOc1cccc(C(NC)C2CCCC(C)C2)c1. The Morgan fingerprint density at radius 2 is 2.21 bits per heavy atom. The van der Waals surface area contributed by atoms with Gasteiger partial charge in [-0.3, -0.25) is 0 Å². The Balaban J connectivity index is 2.13. The van der Waals surface area contributed by atoms with Crippen molar-refractivity contribution in [2.45, 2.75) is 45.6 Å². The average molecular weight is 261 g/mol. The Hall–Kier alpha value is -1.02. The summed E-state index contributed by atoms with van der Waals surface area (Å²) in [5.74, 6) is 2.61. The Kier molecular flexibility index (Phi) is 5.26. The molecule has 0 amide bonds. The van der Waals surface area contributed by atoms with Crippen molar-refractivity contribution in [1.29, 1.82) is 0 Å². The maximum atomic E-state index is 5.62. The molecule has 106 valence electrons. The molecular formula is C17H27NO. The topological polar surface area (TPSA) is 21.3 Å². The van der Waals surface area contributed by atoms with E-state index in [0.29, 0.717) is 6.04 Å². The Labute approximate surface area is 117 Å². The standard InChI is InChI=1S/C17H27NO/c1-4-19-16-10-6-9-15(12-16)17(18-3)14-8-5-7-13(2)11-14/h6,9-10,12-14,17-18H,4-5,7-8,11H2,1-3H3. The second-order valence-corrected chi connectivity index (χ2v) is 5.80. The third-order valence-corrected chi connectivity index (χ3v) is 4.29. The van der Waals surface area contributed by atoms with E-state index < -0.39 is 0 Å². The van der Waals surface area contributed by atoms with E-state index in [0.717, 1.165) is 24.2 Å². The zero-order valence-corrected chi connectivity index (χ0v) is 12.5. The van der Waals surface area contributed by atoms with Crippen LogP contribution in [0, 0.1) is 11.8 Å². The molecule has 2 nitrogen and oxygen atoms in total. The normalized spacial score (nSPS) is 25.0. The summed E-state index contributed by atoms with van der Waals surface area (Å²) in [5, 5.41) is 3.52. The van der Waals surface area contributed by atoms with E-state index in [-0.39, 0.29) is 0 Å². The number of nitrogens with one attached hydrogen (secondary N) is 1. The second-order valence-electron chi connectivity index (χ2n) is 5.80. The maximum Gasteiger partial charge on any atom is 0.119 e. The Morgan fingerprint density at radius 1 is 1.37 bits per heavy atom. The highest BCUT2D eigenvalue weighted by Gasteiger charge is 2.26. The fraction of sp³-hybridized carbons (Fsp3) is 0.647. The summed E-state index contributed by atoms with van der Waals surface area (Å²) in [6, 6.07) is 9.04. The Bertz CT molecular complexity index is 391. The first-order valence-electron chi connectivity index (χ1n) is 7.64. The van der Waals surface area contributed by atoms with Gasteiger partial charge < -0.3 is 10.1 Å². The molecule has 3 unspecified atom stereocenters. The monoisotopic (exact) mass is 261 g/mol. The van der Waals surface area contributed by atoms with Crippen LogP contribution in [0.15, 0.2) is 24.3 Å². The number of hydrogen-bond donors (Lipinski definition) is 1. The van der Waals surface area contributed by atoms with Crippen LogP contribution in [0.3, 0.4) is 0 Å². The molecule has 0 heterocycles. The predicted octanol–water partition coefficient (Wildman–Crippen LogP) is 4.17. The van der Waals surface area contributed by atoms with Crippen molar-refractivity contribution in [3.05, 3.63) is 29.8 Å². The van der Waals surface area contributed by atoms with E-state index in [1.54, 1.807) is 0 Å². The first kappa shape index (κ1) is 14.4. The predicted molar refractivity (Wildman–Crippen MR) is 80.5 cm³/mol. The van der Waals surface area contributed by atoms with Crippen molar-refractivity contribution in [2.75, 3.05) is 13.7 Å². The molecule has 2 rings (SSSR count).